The van der Waals surface area contributed by atoms with E-state index in [1.54, 1.807) is 168 Å². The van der Waals surface area contributed by atoms with Crippen molar-refractivity contribution in [2.24, 2.45) is 0 Å². The lowest BCUT2D eigenvalue weighted by Crippen LogP contribution is -2.10. The number of esters is 6. The molecule has 0 radical (unpaired) electrons. The molecule has 0 aromatic heterocycles. The maximum atomic E-state index is 14.1. The summed E-state index contributed by atoms with van der Waals surface area (Å²) >= 11 is 47.6. The summed E-state index contributed by atoms with van der Waals surface area (Å²) in [6.07, 6.45) is -15.0. The molecule has 0 N–H and O–H groups in total. The molecule has 0 aliphatic carbocycles. The second-order valence-corrected chi connectivity index (χ2v) is 36.7. The van der Waals surface area contributed by atoms with Gasteiger partial charge in [0.05, 0.1) is 49.5 Å². The van der Waals surface area contributed by atoms with Crippen LogP contribution in [0.1, 0.15) is 224 Å². The highest BCUT2D eigenvalue weighted by Crippen LogP contribution is 2.44. The van der Waals surface area contributed by atoms with E-state index in [9.17, 15) is 85.8 Å². The molecule has 12 rings (SSSR count). The fourth-order valence-corrected chi connectivity index (χ4v) is 15.0. The monoisotopic (exact) mass is 2390 g/mol. The zero-order valence-electron chi connectivity index (χ0n) is 82.0. The van der Waals surface area contributed by atoms with Gasteiger partial charge in [0.15, 0.2) is 0 Å². The van der Waals surface area contributed by atoms with Crippen molar-refractivity contribution in [2.75, 3.05) is 0 Å². The molecule has 12 aromatic rings. The van der Waals surface area contributed by atoms with Crippen molar-refractivity contribution in [1.82, 2.24) is 0 Å². The molecule has 40 heteroatoms. The first-order valence-electron chi connectivity index (χ1n) is 45.3. The van der Waals surface area contributed by atoms with Crippen LogP contribution in [-0.4, -0.2) is 35.8 Å². The molecule has 0 amide bonds. The van der Waals surface area contributed by atoms with Gasteiger partial charge in [0.1, 0.15) is 114 Å². The third-order valence-electron chi connectivity index (χ3n) is 21.1. The molecule has 0 spiro atoms. The molecular weight excluding hydrogens is 2300 g/mol. The fourth-order valence-electron chi connectivity index (χ4n) is 12.7. The topological polar surface area (TPSA) is 213 Å². The fraction of sp³-hybridized carbons (Fsp3) is 0.284. The molecule has 0 unspecified atom stereocenters. The molecule has 798 valence electrons. The van der Waals surface area contributed by atoms with Gasteiger partial charge in [0.25, 0.3) is 38.6 Å². The van der Waals surface area contributed by atoms with E-state index in [1.165, 1.54) is 84.9 Å². The summed E-state index contributed by atoms with van der Waals surface area (Å²) in [5, 5.41) is 2.26. The molecule has 0 heterocycles. The van der Waals surface area contributed by atoms with E-state index in [-0.39, 0.29) is 179 Å². The Labute approximate surface area is 909 Å². The van der Waals surface area contributed by atoms with Crippen molar-refractivity contribution in [3.05, 3.63) is 343 Å². The molecule has 0 bridgehead atoms. The quantitative estimate of drug-likeness (QED) is 0.0154. The molecule has 0 atom stereocenters. The largest absolute Gasteiger partial charge is 0.488 e. The summed E-state index contributed by atoms with van der Waals surface area (Å²) in [5.74, 6) is -1.73. The standard InChI is InChI=1S/C19H19ClF2O3.C18H16BrClF2O3.C18H16Cl2F2O3.C18H16ClF3O3.C18H16ClF2IO3.C18H17ClF2O3/c1-4-18(23)25-16-7-5-6-11(2)14(16)10-24-17-9-15(20)12(3)8-13(17)19(21)22;2*1-3-17(23)25-15-6-4-5-13(19)12(15)9-24-16-8-14(20)10(2)7-11(16)18(21)22;1-3-17(23)25-15-6-4-5-14(20)12(15)9-24-16-8-13(19)10(2)7-11(16)18(21)22;1-3-17(23)25-15-6-4-5-14(22)12(15)9-24-16-8-13(19)10(2)7-11(16)18(20)21;1-3-17(22)24-15-7-5-4-6-12(15)10-23-16-9-14(19)11(2)8-13(16)18(20)21/h5-9,19H,4,10H2,1-3H3;4*4-8,18H,3,9H2,1-2H3;4-9,18H,3,10H2,1-2H3. The van der Waals surface area contributed by atoms with Gasteiger partial charge in [0.2, 0.25) is 0 Å². The molecule has 12 aromatic carbocycles. The Hall–Kier alpha value is -11.4. The van der Waals surface area contributed by atoms with Crippen molar-refractivity contribution in [3.8, 4) is 69.0 Å². The molecule has 0 saturated heterocycles. The van der Waals surface area contributed by atoms with Crippen LogP contribution in [0.3, 0.4) is 0 Å². The summed E-state index contributed by atoms with van der Waals surface area (Å²) < 4.78 is 239. The van der Waals surface area contributed by atoms with Gasteiger partial charge >= 0.3 is 35.8 Å². The second kappa shape index (κ2) is 61.2. The van der Waals surface area contributed by atoms with E-state index >= 15 is 0 Å². The van der Waals surface area contributed by atoms with Gasteiger partial charge in [-0.3, -0.25) is 28.8 Å². The van der Waals surface area contributed by atoms with E-state index in [0.29, 0.717) is 119 Å². The number of carbonyl (C=O) groups is 6. The number of para-hydroxylation sites is 1. The lowest BCUT2D eigenvalue weighted by molar-refractivity contribution is -0.135. The van der Waals surface area contributed by atoms with Crippen LogP contribution >= 0.6 is 120 Å². The average molecular weight is 2400 g/mol. The summed E-state index contributed by atoms with van der Waals surface area (Å²) in [5.41, 5.74) is 5.25. The number of hydrogen-bond acceptors (Lipinski definition) is 18. The third kappa shape index (κ3) is 37.9. The Kier molecular flexibility index (Phi) is 51.1. The molecule has 18 nitrogen and oxygen atoms in total. The van der Waals surface area contributed by atoms with Gasteiger partial charge in [-0.2, -0.15) is 0 Å². The smallest absolute Gasteiger partial charge is 0.310 e. The first kappa shape index (κ1) is 125. The SMILES string of the molecule is CCC(=O)Oc1cccc(Br)c1COc1cc(Cl)c(C)cc1C(F)F.CCC(=O)Oc1cccc(C)c1COc1cc(Cl)c(C)cc1C(F)F.CCC(=O)Oc1cccc(Cl)c1COc1cc(Cl)c(C)cc1C(F)F.CCC(=O)Oc1cccc(F)c1COc1cc(Cl)c(C)cc1C(F)F.CCC(=O)Oc1cccc(I)c1COc1cc(Cl)c(C)cc1C(F)F.CCC(=O)Oc1ccccc1COc1cc(Cl)c(C)cc1C(F)F. The molecule has 149 heavy (non-hydrogen) atoms. The van der Waals surface area contributed by atoms with Gasteiger partial charge in [-0.05, 0) is 243 Å². The van der Waals surface area contributed by atoms with Crippen LogP contribution < -0.4 is 56.8 Å². The van der Waals surface area contributed by atoms with Crippen LogP contribution in [0.5, 0.6) is 69.0 Å². The third-order valence-corrected chi connectivity index (χ3v) is 25.7. The summed E-state index contributed by atoms with van der Waals surface area (Å²) in [4.78, 5) is 69.1. The lowest BCUT2D eigenvalue weighted by Gasteiger charge is -2.16. The van der Waals surface area contributed by atoms with Gasteiger partial charge in [-0.15, -0.1) is 0 Å². The minimum Gasteiger partial charge on any atom is -0.488 e. The predicted molar refractivity (Wildman–Crippen MR) is 557 cm³/mol. The zero-order chi connectivity index (χ0) is 110. The predicted octanol–water partition coefficient (Wildman–Crippen LogP) is 35.4. The lowest BCUT2D eigenvalue weighted by atomic mass is 10.1. The number of halogens is 22. The van der Waals surface area contributed by atoms with Crippen molar-refractivity contribution in [2.45, 2.75) is 207 Å². The van der Waals surface area contributed by atoms with Crippen molar-refractivity contribution < 1.29 is 143 Å². The van der Waals surface area contributed by atoms with E-state index in [1.807, 2.05) is 19.1 Å². The summed E-state index contributed by atoms with van der Waals surface area (Å²) in [7, 11) is 0. The van der Waals surface area contributed by atoms with Gasteiger partial charge in [0, 0.05) is 99.0 Å². The Balaban J connectivity index is 0.000000242. The highest BCUT2D eigenvalue weighted by Gasteiger charge is 2.28. The second-order valence-electron chi connectivity index (χ2n) is 31.9. The minimum absolute atomic E-state index is 0.00544. The van der Waals surface area contributed by atoms with Gasteiger partial charge in [-0.1, -0.05) is 193 Å². The Morgan fingerprint density at radius 3 is 0.819 bits per heavy atom. The molecule has 0 fully saturated rings. The van der Waals surface area contributed by atoms with Crippen LogP contribution in [-0.2, 0) is 68.4 Å². The van der Waals surface area contributed by atoms with Crippen molar-refractivity contribution >= 4 is 156 Å². The van der Waals surface area contributed by atoms with Crippen LogP contribution in [0.2, 0.25) is 35.2 Å². The highest BCUT2D eigenvalue weighted by molar-refractivity contribution is 14.1. The number of alkyl halides is 12. The number of aryl methyl sites for hydroxylation is 7. The number of rotatable bonds is 36. The first-order valence-corrected chi connectivity index (χ1v) is 49.8. The molecule has 0 aliphatic heterocycles. The Morgan fingerprint density at radius 2 is 0.490 bits per heavy atom. The van der Waals surface area contributed by atoms with E-state index in [4.69, 9.17) is 138 Å². The van der Waals surface area contributed by atoms with E-state index in [2.05, 4.69) is 38.5 Å². The van der Waals surface area contributed by atoms with Gasteiger partial charge in [-0.25, -0.2) is 57.1 Å². The van der Waals surface area contributed by atoms with Crippen LogP contribution in [0.25, 0.3) is 0 Å². The summed E-state index contributed by atoms with van der Waals surface area (Å²) in [6.45, 7) is 21.0. The Morgan fingerprint density at radius 1 is 0.255 bits per heavy atom. The van der Waals surface area contributed by atoms with E-state index in [0.717, 1.165) is 15.2 Å². The van der Waals surface area contributed by atoms with Crippen LogP contribution in [0, 0.1) is 57.9 Å². The molecule has 0 saturated carbocycles. The maximum absolute atomic E-state index is 14.1. The number of hydrogen-bond donors (Lipinski definition) is 0. The normalized spacial score (nSPS) is 10.8. The minimum atomic E-state index is -2.77. The van der Waals surface area contributed by atoms with Crippen LogP contribution in [0.15, 0.2) is 193 Å². The number of carbonyl (C=O) groups excluding carboxylic acids is 6. The van der Waals surface area contributed by atoms with Gasteiger partial charge < -0.3 is 56.8 Å². The average Bonchev–Trinajstić information content (AvgIpc) is 0.825. The summed E-state index contributed by atoms with van der Waals surface area (Å²) in [6, 6.07) is 46.9. The highest BCUT2D eigenvalue weighted by atomic mass is 127. The van der Waals surface area contributed by atoms with E-state index < -0.39 is 68.9 Å². The number of ether oxygens (including phenoxy) is 12. The van der Waals surface area contributed by atoms with Crippen LogP contribution in [0.4, 0.5) is 57.1 Å². The zero-order valence-corrected chi connectivity index (χ0v) is 91.0. The van der Waals surface area contributed by atoms with Crippen molar-refractivity contribution in [1.29, 1.82) is 0 Å². The Bertz CT molecular complexity index is 5890. The van der Waals surface area contributed by atoms with Crippen molar-refractivity contribution in [3.63, 3.8) is 0 Å². The maximum Gasteiger partial charge on any atom is 0.310 e. The molecular formula is C109H100BrCl7F13IO18. The first-order chi connectivity index (χ1) is 70.6. The molecule has 0 aliphatic rings. The number of benzene rings is 12.